The van der Waals surface area contributed by atoms with Gasteiger partial charge in [-0.3, -0.25) is 4.79 Å². The fourth-order valence-corrected chi connectivity index (χ4v) is 3.89. The molecule has 9 nitrogen and oxygen atoms in total. The number of carbonyl (C=O) groups is 1. The van der Waals surface area contributed by atoms with Gasteiger partial charge >= 0.3 is 0 Å². The summed E-state index contributed by atoms with van der Waals surface area (Å²) in [6, 6.07) is 3.43. The molecule has 1 aliphatic heterocycles. The lowest BCUT2D eigenvalue weighted by molar-refractivity contribution is 0.0947. The number of carbonyl (C=O) groups excluding carboxylic acids is 1. The van der Waals surface area contributed by atoms with E-state index in [9.17, 15) is 4.79 Å². The van der Waals surface area contributed by atoms with E-state index in [2.05, 4.69) is 25.3 Å². The summed E-state index contributed by atoms with van der Waals surface area (Å²) in [5.41, 5.74) is 1.22. The molecule has 158 valence electrons. The fourth-order valence-electron chi connectivity index (χ4n) is 3.53. The third kappa shape index (κ3) is 4.18. The Morgan fingerprint density at radius 2 is 2.13 bits per heavy atom. The van der Waals surface area contributed by atoms with Crippen LogP contribution in [0.15, 0.2) is 29.7 Å². The fraction of sp³-hybridized carbons (Fsp3) is 0.450. The minimum atomic E-state index is -0.222. The van der Waals surface area contributed by atoms with Crippen molar-refractivity contribution >= 4 is 34.5 Å². The summed E-state index contributed by atoms with van der Waals surface area (Å²) in [7, 11) is 0. The lowest BCUT2D eigenvalue weighted by Crippen LogP contribution is -2.28. The van der Waals surface area contributed by atoms with E-state index < -0.39 is 0 Å². The smallest absolute Gasteiger partial charge is 0.256 e. The first-order valence-electron chi connectivity index (χ1n) is 10.1. The molecule has 0 saturated carbocycles. The van der Waals surface area contributed by atoms with Crippen molar-refractivity contribution in [2.24, 2.45) is 0 Å². The van der Waals surface area contributed by atoms with Gasteiger partial charge in [0.1, 0.15) is 11.4 Å². The van der Waals surface area contributed by atoms with E-state index in [1.807, 2.05) is 24.1 Å². The van der Waals surface area contributed by atoms with Crippen LogP contribution in [-0.4, -0.2) is 63.1 Å². The van der Waals surface area contributed by atoms with Crippen LogP contribution in [0.4, 0.5) is 5.82 Å². The highest BCUT2D eigenvalue weighted by Crippen LogP contribution is 2.28. The van der Waals surface area contributed by atoms with Gasteiger partial charge in [-0.25, -0.2) is 19.6 Å². The van der Waals surface area contributed by atoms with Crippen molar-refractivity contribution in [2.45, 2.75) is 31.5 Å². The molecule has 10 heteroatoms. The molecule has 0 bridgehead atoms. The van der Waals surface area contributed by atoms with Crippen LogP contribution < -0.4 is 15.0 Å². The summed E-state index contributed by atoms with van der Waals surface area (Å²) in [4.78, 5) is 28.4. The molecular weight excluding hydrogens is 402 g/mol. The number of nitrogens with zero attached hydrogens (tertiary/aromatic N) is 6. The van der Waals surface area contributed by atoms with Crippen molar-refractivity contribution in [2.75, 3.05) is 37.4 Å². The Kier molecular flexibility index (Phi) is 6.32. The Morgan fingerprint density at radius 3 is 2.90 bits per heavy atom. The summed E-state index contributed by atoms with van der Waals surface area (Å²) >= 11 is 1.52. The number of amides is 1. The third-order valence-electron chi connectivity index (χ3n) is 4.95. The predicted octanol–water partition coefficient (Wildman–Crippen LogP) is 2.37. The second-order valence-corrected chi connectivity index (χ2v) is 7.65. The number of anilines is 1. The maximum Gasteiger partial charge on any atom is 0.256 e. The average Bonchev–Trinajstić information content (AvgIpc) is 3.44. The molecular formula is C20H25N7O2S. The van der Waals surface area contributed by atoms with Crippen LogP contribution in [0.1, 0.15) is 30.1 Å². The summed E-state index contributed by atoms with van der Waals surface area (Å²) in [6.45, 7) is 5.24. The quantitative estimate of drug-likeness (QED) is 0.432. The van der Waals surface area contributed by atoms with Crippen molar-refractivity contribution in [3.63, 3.8) is 0 Å². The molecule has 3 aromatic heterocycles. The van der Waals surface area contributed by atoms with Gasteiger partial charge in [0.25, 0.3) is 5.91 Å². The molecule has 0 atom stereocenters. The van der Waals surface area contributed by atoms with Gasteiger partial charge in [0.2, 0.25) is 5.88 Å². The van der Waals surface area contributed by atoms with Gasteiger partial charge in [-0.2, -0.15) is 5.10 Å². The van der Waals surface area contributed by atoms with Crippen molar-refractivity contribution in [1.29, 1.82) is 0 Å². The van der Waals surface area contributed by atoms with E-state index in [0.717, 1.165) is 35.1 Å². The molecule has 0 aliphatic carbocycles. The van der Waals surface area contributed by atoms with E-state index in [0.29, 0.717) is 31.1 Å². The maximum atomic E-state index is 12.6. The number of pyridine rings is 1. The molecule has 4 rings (SSSR count). The third-order valence-corrected chi connectivity index (χ3v) is 5.50. The van der Waals surface area contributed by atoms with Gasteiger partial charge in [-0.05, 0) is 38.2 Å². The largest absolute Gasteiger partial charge is 0.477 e. The summed E-state index contributed by atoms with van der Waals surface area (Å²) in [5, 5.41) is 9.11. The molecule has 30 heavy (non-hydrogen) atoms. The summed E-state index contributed by atoms with van der Waals surface area (Å²) < 4.78 is 7.26. The minimum absolute atomic E-state index is 0.222. The van der Waals surface area contributed by atoms with E-state index in [1.54, 1.807) is 18.3 Å². The second-order valence-electron chi connectivity index (χ2n) is 6.88. The predicted molar refractivity (Wildman–Crippen MR) is 116 cm³/mol. The number of rotatable bonds is 8. The standard InChI is InChI=1S/C20H25N7O2S/c1-3-29-19-14(7-6-8-22-19)18(28)21-9-12-27-17-15(13-23-27)16(24-20(25-17)30-2)26-10-4-5-11-26/h6-8,13H,3-5,9-12H2,1-2H3,(H,21,28). The Hall–Kier alpha value is -2.88. The van der Waals surface area contributed by atoms with Gasteiger partial charge in [-0.15, -0.1) is 0 Å². The Morgan fingerprint density at radius 1 is 1.30 bits per heavy atom. The number of nitrogens with one attached hydrogen (secondary N) is 1. The SMILES string of the molecule is CCOc1ncccc1C(=O)NCCn1ncc2c(N3CCCC3)nc(SC)nc21. The molecule has 0 aromatic carbocycles. The molecule has 0 unspecified atom stereocenters. The number of hydrogen-bond acceptors (Lipinski definition) is 8. The molecule has 1 fully saturated rings. The van der Waals surface area contributed by atoms with Gasteiger partial charge in [0.05, 0.1) is 24.7 Å². The van der Waals surface area contributed by atoms with Gasteiger partial charge in [0, 0.05) is 25.8 Å². The van der Waals surface area contributed by atoms with Gasteiger partial charge in [0.15, 0.2) is 10.8 Å². The molecule has 1 aliphatic rings. The zero-order valence-corrected chi connectivity index (χ0v) is 18.0. The van der Waals surface area contributed by atoms with E-state index in [1.165, 1.54) is 24.6 Å². The second kappa shape index (κ2) is 9.29. The van der Waals surface area contributed by atoms with Crippen molar-refractivity contribution in [1.82, 2.24) is 30.0 Å². The monoisotopic (exact) mass is 427 g/mol. The minimum Gasteiger partial charge on any atom is -0.477 e. The van der Waals surface area contributed by atoms with E-state index in [-0.39, 0.29) is 5.91 Å². The van der Waals surface area contributed by atoms with E-state index >= 15 is 0 Å². The van der Waals surface area contributed by atoms with E-state index in [4.69, 9.17) is 9.72 Å². The average molecular weight is 428 g/mol. The van der Waals surface area contributed by atoms with Crippen LogP contribution in [0.5, 0.6) is 5.88 Å². The Labute approximate surface area is 179 Å². The topological polar surface area (TPSA) is 98.1 Å². The van der Waals surface area contributed by atoms with Crippen molar-refractivity contribution in [3.05, 3.63) is 30.1 Å². The Balaban J connectivity index is 1.49. The normalized spacial score (nSPS) is 13.7. The number of thioether (sulfide) groups is 1. The zero-order chi connectivity index (χ0) is 20.9. The van der Waals surface area contributed by atoms with Crippen LogP contribution in [0.2, 0.25) is 0 Å². The number of aromatic nitrogens is 5. The molecule has 1 N–H and O–H groups in total. The first-order valence-corrected chi connectivity index (χ1v) is 11.3. The molecule has 4 heterocycles. The first-order chi connectivity index (χ1) is 14.7. The summed E-state index contributed by atoms with van der Waals surface area (Å²) in [5.74, 6) is 1.07. The molecule has 0 radical (unpaired) electrons. The molecule has 0 spiro atoms. The van der Waals surface area contributed by atoms with Crippen LogP contribution in [0, 0.1) is 0 Å². The van der Waals surface area contributed by atoms with Crippen LogP contribution in [-0.2, 0) is 6.54 Å². The number of fused-ring (bicyclic) bond motifs is 1. The zero-order valence-electron chi connectivity index (χ0n) is 17.2. The Bertz CT molecular complexity index is 1030. The summed E-state index contributed by atoms with van der Waals surface area (Å²) in [6.07, 6.45) is 7.76. The van der Waals surface area contributed by atoms with Crippen LogP contribution in [0.3, 0.4) is 0 Å². The number of ether oxygens (including phenoxy) is 1. The van der Waals surface area contributed by atoms with Gasteiger partial charge in [-0.1, -0.05) is 11.8 Å². The lowest BCUT2D eigenvalue weighted by atomic mass is 10.2. The molecule has 3 aromatic rings. The molecule has 1 amide bonds. The highest BCUT2D eigenvalue weighted by molar-refractivity contribution is 7.98. The first kappa shape index (κ1) is 20.4. The molecule has 1 saturated heterocycles. The number of hydrogen-bond donors (Lipinski definition) is 1. The highest BCUT2D eigenvalue weighted by atomic mass is 32.2. The van der Waals surface area contributed by atoms with Gasteiger partial charge < -0.3 is 15.0 Å². The maximum absolute atomic E-state index is 12.6. The van der Waals surface area contributed by atoms with Crippen LogP contribution in [0.25, 0.3) is 11.0 Å². The van der Waals surface area contributed by atoms with Crippen LogP contribution >= 0.6 is 11.8 Å². The van der Waals surface area contributed by atoms with Crippen molar-refractivity contribution in [3.8, 4) is 5.88 Å². The highest BCUT2D eigenvalue weighted by Gasteiger charge is 2.20. The lowest BCUT2D eigenvalue weighted by Gasteiger charge is -2.17. The van der Waals surface area contributed by atoms with Crippen molar-refractivity contribution < 1.29 is 9.53 Å².